The van der Waals surface area contributed by atoms with E-state index in [2.05, 4.69) is 50.4 Å². The minimum Gasteiger partial charge on any atom is -0.493 e. The molecule has 3 aliphatic heterocycles. The average molecular weight is 789 g/mol. The zero-order chi connectivity index (χ0) is 36.6. The third-order valence-corrected chi connectivity index (χ3v) is 11.0. The van der Waals surface area contributed by atoms with E-state index in [0.717, 1.165) is 57.7 Å². The first-order chi connectivity index (χ1) is 25.8. The van der Waals surface area contributed by atoms with E-state index >= 15 is 0 Å². The molecule has 5 aromatic carbocycles. The maximum absolute atomic E-state index is 14.4. The number of nitrogens with one attached hydrogen (secondary N) is 1. The number of barbiturate groups is 1. The molecule has 0 aromatic heterocycles. The van der Waals surface area contributed by atoms with Gasteiger partial charge in [-0.3, -0.25) is 14.9 Å². The Morgan fingerprint density at radius 1 is 0.830 bits per heavy atom. The summed E-state index contributed by atoms with van der Waals surface area (Å²) in [6.07, 6.45) is 3.21. The van der Waals surface area contributed by atoms with Gasteiger partial charge in [0.05, 0.1) is 17.8 Å². The molecule has 1 fully saturated rings. The van der Waals surface area contributed by atoms with E-state index in [9.17, 15) is 14.4 Å². The number of halogens is 2. The molecular weight excluding hydrogens is 754 g/mol. The summed E-state index contributed by atoms with van der Waals surface area (Å²) in [5, 5.41) is 2.65. The molecule has 10 heteroatoms. The molecule has 8 nitrogen and oxygen atoms in total. The minimum atomic E-state index is -0.799. The lowest BCUT2D eigenvalue weighted by Gasteiger charge is -2.44. The number of anilines is 2. The highest BCUT2D eigenvalue weighted by Gasteiger charge is 2.40. The Bertz CT molecular complexity index is 2190. The highest BCUT2D eigenvalue weighted by molar-refractivity contribution is 9.10. The fourth-order valence-corrected chi connectivity index (χ4v) is 8.26. The second-order valence-electron chi connectivity index (χ2n) is 13.4. The van der Waals surface area contributed by atoms with Crippen LogP contribution >= 0.6 is 27.5 Å². The van der Waals surface area contributed by atoms with Gasteiger partial charge in [0.2, 0.25) is 0 Å². The van der Waals surface area contributed by atoms with Crippen LogP contribution in [0.4, 0.5) is 16.2 Å². The van der Waals surface area contributed by atoms with Gasteiger partial charge in [0.25, 0.3) is 11.8 Å². The smallest absolute Gasteiger partial charge is 0.335 e. The summed E-state index contributed by atoms with van der Waals surface area (Å²) < 4.78 is 12.6. The maximum Gasteiger partial charge on any atom is 0.335 e. The Kier molecular flexibility index (Phi) is 9.53. The van der Waals surface area contributed by atoms with Gasteiger partial charge in [-0.2, -0.15) is 0 Å². The molecule has 0 aliphatic carbocycles. The van der Waals surface area contributed by atoms with Crippen LogP contribution in [0.3, 0.4) is 0 Å². The number of nitrogens with zero attached hydrogens (tertiary/aromatic N) is 2. The van der Waals surface area contributed by atoms with Crippen LogP contribution < -0.4 is 24.6 Å². The largest absolute Gasteiger partial charge is 0.493 e. The van der Waals surface area contributed by atoms with Crippen molar-refractivity contribution in [1.29, 1.82) is 0 Å². The summed E-state index contributed by atoms with van der Waals surface area (Å²) in [6, 6.07) is 34.8. The van der Waals surface area contributed by atoms with Crippen LogP contribution in [-0.2, 0) is 16.2 Å². The average Bonchev–Trinajstić information content (AvgIpc) is 3.17. The number of amides is 4. The Labute approximate surface area is 321 Å². The predicted molar refractivity (Wildman–Crippen MR) is 210 cm³/mol. The Hall–Kier alpha value is -5.38. The second-order valence-corrected chi connectivity index (χ2v) is 14.7. The van der Waals surface area contributed by atoms with Crippen LogP contribution in [0.5, 0.6) is 11.5 Å². The van der Waals surface area contributed by atoms with E-state index in [1.165, 1.54) is 24.3 Å². The molecule has 8 rings (SSSR count). The van der Waals surface area contributed by atoms with Gasteiger partial charge in [-0.25, -0.2) is 9.69 Å². The number of benzene rings is 5. The van der Waals surface area contributed by atoms with Crippen molar-refractivity contribution in [3.8, 4) is 11.5 Å². The molecule has 0 radical (unpaired) electrons. The van der Waals surface area contributed by atoms with Crippen molar-refractivity contribution in [2.75, 3.05) is 30.0 Å². The number of hydrogen-bond donors (Lipinski definition) is 1. The maximum atomic E-state index is 14.4. The van der Waals surface area contributed by atoms with Crippen LogP contribution in [0.25, 0.3) is 6.08 Å². The van der Waals surface area contributed by atoms with Crippen LogP contribution in [0.15, 0.2) is 119 Å². The van der Waals surface area contributed by atoms with Gasteiger partial charge >= 0.3 is 6.03 Å². The topological polar surface area (TPSA) is 88.2 Å². The van der Waals surface area contributed by atoms with Crippen molar-refractivity contribution in [3.05, 3.63) is 158 Å². The summed E-state index contributed by atoms with van der Waals surface area (Å²) in [4.78, 5) is 44.8. The normalized spacial score (nSPS) is 18.8. The lowest BCUT2D eigenvalue weighted by molar-refractivity contribution is -0.122. The van der Waals surface area contributed by atoms with E-state index in [1.54, 1.807) is 12.1 Å². The molecule has 2 atom stereocenters. The molecule has 0 spiro atoms. The Morgan fingerprint density at radius 2 is 1.43 bits per heavy atom. The summed E-state index contributed by atoms with van der Waals surface area (Å²) >= 11 is 10.1. The van der Waals surface area contributed by atoms with Crippen LogP contribution in [0.2, 0.25) is 5.02 Å². The van der Waals surface area contributed by atoms with Crippen molar-refractivity contribution in [2.45, 2.75) is 31.3 Å². The second kappa shape index (κ2) is 14.6. The molecule has 5 aromatic rings. The van der Waals surface area contributed by atoms with Gasteiger partial charge in [-0.05, 0) is 88.7 Å². The Morgan fingerprint density at radius 3 is 2.02 bits per heavy atom. The third-order valence-electron chi connectivity index (χ3n) is 10.2. The number of carbonyl (C=O) groups is 3. The molecule has 266 valence electrons. The van der Waals surface area contributed by atoms with Crippen molar-refractivity contribution in [3.63, 3.8) is 0 Å². The summed E-state index contributed by atoms with van der Waals surface area (Å²) in [6.45, 7) is 2.06. The first-order valence-corrected chi connectivity index (χ1v) is 18.6. The molecular formula is C43H35BrClN3O5. The SMILES string of the molecule is COc1cc(/C=C2\C(=O)NC(=O)N(c3cc4c5c(c3)[C@H](c3ccccc3)CCN5CC[C@H]4c3ccccc3)C2=O)cc(Cl)c1OCc1ccc(Br)cc1. The number of carbonyl (C=O) groups excluding carboxylic acids is 3. The molecule has 1 saturated heterocycles. The van der Waals surface area contributed by atoms with Gasteiger partial charge in [-0.15, -0.1) is 0 Å². The van der Waals surface area contributed by atoms with Gasteiger partial charge in [-0.1, -0.05) is 100 Å². The summed E-state index contributed by atoms with van der Waals surface area (Å²) in [5.74, 6) is -0.739. The van der Waals surface area contributed by atoms with Gasteiger partial charge in [0, 0.05) is 35.1 Å². The van der Waals surface area contributed by atoms with E-state index in [1.807, 2.05) is 72.8 Å². The lowest BCUT2D eigenvalue weighted by Crippen LogP contribution is -2.54. The fourth-order valence-electron chi connectivity index (χ4n) is 7.73. The number of rotatable bonds is 8. The molecule has 4 amide bonds. The summed E-state index contributed by atoms with van der Waals surface area (Å²) in [7, 11) is 1.49. The van der Waals surface area contributed by atoms with Crippen LogP contribution in [0.1, 0.15) is 58.1 Å². The Balaban J connectivity index is 1.18. The van der Waals surface area contributed by atoms with Crippen molar-refractivity contribution in [1.82, 2.24) is 5.32 Å². The van der Waals surface area contributed by atoms with E-state index in [0.29, 0.717) is 22.7 Å². The quantitative estimate of drug-likeness (QED) is 0.125. The van der Waals surface area contributed by atoms with E-state index < -0.39 is 17.8 Å². The van der Waals surface area contributed by atoms with Crippen molar-refractivity contribution in [2.24, 2.45) is 0 Å². The van der Waals surface area contributed by atoms with Crippen molar-refractivity contribution >= 4 is 62.8 Å². The first-order valence-electron chi connectivity index (χ1n) is 17.5. The molecule has 0 saturated carbocycles. The lowest BCUT2D eigenvalue weighted by atomic mass is 9.76. The standard InChI is InChI=1S/C43H35BrClN3O5/c1-52-38-22-27(21-37(45)40(38)53-25-26-12-14-30(44)15-13-26)20-36-41(49)46-43(51)48(42(36)50)31-23-34-32(28-8-4-2-5-9-28)16-18-47-19-17-33(35(24-31)39(34)47)29-10-6-3-7-11-29/h2-15,20-24,32-33H,16-19,25H2,1H3,(H,46,49,51)/b36-20+/t32-,33-/m0/s1. The van der Waals surface area contributed by atoms with E-state index in [-0.39, 0.29) is 29.0 Å². The highest BCUT2D eigenvalue weighted by Crippen LogP contribution is 2.50. The number of methoxy groups -OCH3 is 1. The van der Waals surface area contributed by atoms with E-state index in [4.69, 9.17) is 21.1 Å². The van der Waals surface area contributed by atoms with Gasteiger partial charge in [0.1, 0.15) is 12.2 Å². The van der Waals surface area contributed by atoms with Crippen LogP contribution in [0, 0.1) is 0 Å². The number of imide groups is 2. The monoisotopic (exact) mass is 787 g/mol. The molecule has 3 heterocycles. The third kappa shape index (κ3) is 6.71. The first kappa shape index (κ1) is 34.7. The molecule has 0 bridgehead atoms. The fraction of sp³-hybridized carbons (Fsp3) is 0.186. The molecule has 53 heavy (non-hydrogen) atoms. The molecule has 0 unspecified atom stereocenters. The summed E-state index contributed by atoms with van der Waals surface area (Å²) in [5.41, 5.74) is 7.21. The molecule has 3 aliphatic rings. The number of ether oxygens (including phenoxy) is 2. The molecule has 1 N–H and O–H groups in total. The zero-order valence-corrected chi connectivity index (χ0v) is 31.2. The highest BCUT2D eigenvalue weighted by atomic mass is 79.9. The van der Waals surface area contributed by atoms with Gasteiger partial charge in [0.15, 0.2) is 11.5 Å². The number of urea groups is 1. The van der Waals surface area contributed by atoms with Crippen molar-refractivity contribution < 1.29 is 23.9 Å². The predicted octanol–water partition coefficient (Wildman–Crippen LogP) is 9.23. The number of hydrogen-bond acceptors (Lipinski definition) is 6. The minimum absolute atomic E-state index is 0.0642. The zero-order valence-electron chi connectivity index (χ0n) is 28.9. The van der Waals surface area contributed by atoms with Crippen LogP contribution in [-0.4, -0.2) is 38.0 Å². The van der Waals surface area contributed by atoms with Gasteiger partial charge < -0.3 is 14.4 Å².